The van der Waals surface area contributed by atoms with Crippen molar-refractivity contribution in [3.8, 4) is 6.07 Å². The topological polar surface area (TPSA) is 102 Å². The number of nitrogens with two attached hydrogens (primary N) is 1. The van der Waals surface area contributed by atoms with Crippen molar-refractivity contribution in [1.82, 2.24) is 15.1 Å². The van der Waals surface area contributed by atoms with E-state index in [2.05, 4.69) is 33.8 Å². The highest BCUT2D eigenvalue weighted by Gasteiger charge is 2.39. The van der Waals surface area contributed by atoms with Crippen molar-refractivity contribution in [1.29, 1.82) is 5.26 Å². The third-order valence-electron chi connectivity index (χ3n) is 8.48. The summed E-state index contributed by atoms with van der Waals surface area (Å²) in [6, 6.07) is 21.6. The Morgan fingerprint density at radius 1 is 1.02 bits per heavy atom. The van der Waals surface area contributed by atoms with Gasteiger partial charge in [0.25, 0.3) is 5.91 Å². The molecule has 2 aliphatic rings. The molecule has 7 nitrogen and oxygen atoms in total. The summed E-state index contributed by atoms with van der Waals surface area (Å²) in [7, 11) is 0. The number of nitriles is 1. The van der Waals surface area contributed by atoms with Gasteiger partial charge in [-0.1, -0.05) is 35.9 Å². The lowest BCUT2D eigenvalue weighted by Gasteiger charge is -2.43. The summed E-state index contributed by atoms with van der Waals surface area (Å²) in [5.41, 5.74) is 9.58. The maximum atomic E-state index is 13.9. The maximum Gasteiger partial charge on any atom is 0.254 e. The molecule has 5 rings (SSSR count). The molecule has 2 aromatic carbocycles. The minimum absolute atomic E-state index is 0.0647. The number of thiophene rings is 1. The molecule has 2 fully saturated rings. The molecule has 3 N–H and O–H groups in total. The standard InChI is InChI=1S/C33H39N5O2S/c1-23-4-10-26(11-5-23)33(40)38-17-16-29(19-31(38)32(39)36-28-14-12-27(35)13-15-28)37(22-30-3-2-18-41-30)21-25-8-6-24(20-34)7-9-25/h2-11,18,27-29,31H,12-17,19,21-22,35H2,1H3,(H,36,39)/t27?,28?,29?,31-/m1/s1. The molecular weight excluding hydrogens is 530 g/mol. The first kappa shape index (κ1) is 29.0. The molecule has 1 aromatic heterocycles. The number of amides is 2. The zero-order valence-electron chi connectivity index (χ0n) is 23.7. The summed E-state index contributed by atoms with van der Waals surface area (Å²) in [4.78, 5) is 33.1. The molecule has 214 valence electrons. The molecule has 2 heterocycles. The van der Waals surface area contributed by atoms with Crippen LogP contribution in [0.4, 0.5) is 0 Å². The molecule has 1 unspecified atom stereocenters. The molecule has 2 atom stereocenters. The smallest absolute Gasteiger partial charge is 0.254 e. The van der Waals surface area contributed by atoms with Crippen LogP contribution in [0.25, 0.3) is 0 Å². The molecule has 8 heteroatoms. The Balaban J connectivity index is 1.38. The molecule has 1 saturated heterocycles. The number of carbonyl (C=O) groups excluding carboxylic acids is 2. The first-order chi connectivity index (χ1) is 19.9. The van der Waals surface area contributed by atoms with Crippen LogP contribution in [0.2, 0.25) is 0 Å². The Morgan fingerprint density at radius 2 is 1.76 bits per heavy atom. The lowest BCUT2D eigenvalue weighted by molar-refractivity contribution is -0.128. The van der Waals surface area contributed by atoms with Gasteiger partial charge in [-0.15, -0.1) is 11.3 Å². The third kappa shape index (κ3) is 7.42. The number of piperidine rings is 1. The summed E-state index contributed by atoms with van der Waals surface area (Å²) < 4.78 is 0. The Labute approximate surface area is 247 Å². The van der Waals surface area contributed by atoms with Gasteiger partial charge in [-0.05, 0) is 86.7 Å². The number of hydrogen-bond acceptors (Lipinski definition) is 6. The number of nitrogens with one attached hydrogen (secondary N) is 1. The van der Waals surface area contributed by atoms with Gasteiger partial charge in [0.05, 0.1) is 11.6 Å². The Kier molecular flexibility index (Phi) is 9.50. The number of likely N-dealkylation sites (tertiary alicyclic amines) is 1. The fourth-order valence-corrected chi connectivity index (χ4v) is 6.76. The van der Waals surface area contributed by atoms with Crippen LogP contribution < -0.4 is 11.1 Å². The van der Waals surface area contributed by atoms with Crippen molar-refractivity contribution < 1.29 is 9.59 Å². The van der Waals surface area contributed by atoms with Crippen molar-refractivity contribution in [3.05, 3.63) is 93.2 Å². The molecular formula is C33H39N5O2S. The lowest BCUT2D eigenvalue weighted by atomic mass is 9.90. The average molecular weight is 570 g/mol. The SMILES string of the molecule is Cc1ccc(C(=O)N2CCC(N(Cc3ccc(C#N)cc3)Cc3cccs3)C[C@@H]2C(=O)NC2CCC(N)CC2)cc1. The second-order valence-corrected chi connectivity index (χ2v) is 12.5. The van der Waals surface area contributed by atoms with E-state index in [-0.39, 0.29) is 29.9 Å². The van der Waals surface area contributed by atoms with Gasteiger partial charge in [0.1, 0.15) is 6.04 Å². The summed E-state index contributed by atoms with van der Waals surface area (Å²) >= 11 is 1.73. The summed E-state index contributed by atoms with van der Waals surface area (Å²) in [6.07, 6.45) is 4.90. The molecule has 1 saturated carbocycles. The van der Waals surface area contributed by atoms with Crippen LogP contribution in [-0.2, 0) is 17.9 Å². The highest BCUT2D eigenvalue weighted by atomic mass is 32.1. The summed E-state index contributed by atoms with van der Waals surface area (Å²) in [5.74, 6) is -0.156. The predicted molar refractivity (Wildman–Crippen MR) is 162 cm³/mol. The molecule has 0 spiro atoms. The minimum atomic E-state index is -0.551. The van der Waals surface area contributed by atoms with E-state index in [0.29, 0.717) is 30.6 Å². The van der Waals surface area contributed by atoms with Crippen LogP contribution in [0.5, 0.6) is 0 Å². The average Bonchev–Trinajstić information content (AvgIpc) is 3.51. The summed E-state index contributed by atoms with van der Waals surface area (Å²) in [6.45, 7) is 3.99. The van der Waals surface area contributed by atoms with Gasteiger partial charge in [-0.2, -0.15) is 5.26 Å². The van der Waals surface area contributed by atoms with Crippen LogP contribution in [0, 0.1) is 18.3 Å². The zero-order valence-corrected chi connectivity index (χ0v) is 24.5. The van der Waals surface area contributed by atoms with Crippen molar-refractivity contribution in [2.24, 2.45) is 5.73 Å². The number of hydrogen-bond donors (Lipinski definition) is 2. The van der Waals surface area contributed by atoms with E-state index >= 15 is 0 Å². The molecule has 0 bridgehead atoms. The number of aryl methyl sites for hydroxylation is 1. The van der Waals surface area contributed by atoms with Gasteiger partial charge in [0.15, 0.2) is 0 Å². The number of carbonyl (C=O) groups is 2. The minimum Gasteiger partial charge on any atom is -0.352 e. The second-order valence-electron chi connectivity index (χ2n) is 11.5. The van der Waals surface area contributed by atoms with E-state index in [1.807, 2.05) is 55.5 Å². The number of benzene rings is 2. The van der Waals surface area contributed by atoms with Gasteiger partial charge >= 0.3 is 0 Å². The van der Waals surface area contributed by atoms with Crippen LogP contribution in [0.3, 0.4) is 0 Å². The quantitative estimate of drug-likeness (QED) is 0.398. The molecule has 1 aliphatic heterocycles. The van der Waals surface area contributed by atoms with Gasteiger partial charge in [-0.3, -0.25) is 14.5 Å². The fourth-order valence-electron chi connectivity index (χ4n) is 6.03. The molecule has 3 aromatic rings. The van der Waals surface area contributed by atoms with E-state index in [4.69, 9.17) is 5.73 Å². The van der Waals surface area contributed by atoms with Crippen LogP contribution >= 0.6 is 11.3 Å². The largest absolute Gasteiger partial charge is 0.352 e. The van der Waals surface area contributed by atoms with Crippen molar-refractivity contribution >= 4 is 23.2 Å². The monoisotopic (exact) mass is 569 g/mol. The third-order valence-corrected chi connectivity index (χ3v) is 9.34. The highest BCUT2D eigenvalue weighted by Crippen LogP contribution is 2.29. The highest BCUT2D eigenvalue weighted by molar-refractivity contribution is 7.09. The first-order valence-corrected chi connectivity index (χ1v) is 15.5. The maximum absolute atomic E-state index is 13.9. The zero-order chi connectivity index (χ0) is 28.8. The van der Waals surface area contributed by atoms with Gasteiger partial charge < -0.3 is 16.0 Å². The fraction of sp³-hybridized carbons (Fsp3) is 0.424. The lowest BCUT2D eigenvalue weighted by Crippen LogP contribution is -2.58. The van der Waals surface area contributed by atoms with E-state index < -0.39 is 6.04 Å². The van der Waals surface area contributed by atoms with E-state index in [9.17, 15) is 14.9 Å². The van der Waals surface area contributed by atoms with Crippen LogP contribution in [0.15, 0.2) is 66.0 Å². The molecule has 2 amide bonds. The molecule has 41 heavy (non-hydrogen) atoms. The Hall–Kier alpha value is -3.51. The van der Waals surface area contributed by atoms with Crippen LogP contribution in [0.1, 0.15) is 70.5 Å². The normalized spacial score (nSPS) is 22.7. The first-order valence-electron chi connectivity index (χ1n) is 14.6. The van der Waals surface area contributed by atoms with Crippen LogP contribution in [-0.4, -0.2) is 52.3 Å². The van der Waals surface area contributed by atoms with E-state index in [1.165, 1.54) is 4.88 Å². The van der Waals surface area contributed by atoms with Gasteiger partial charge in [0, 0.05) is 48.2 Å². The Bertz CT molecular complexity index is 1340. The van der Waals surface area contributed by atoms with E-state index in [1.54, 1.807) is 16.2 Å². The number of nitrogens with zero attached hydrogens (tertiary/aromatic N) is 3. The second kappa shape index (κ2) is 13.4. The van der Waals surface area contributed by atoms with Gasteiger partial charge in [-0.25, -0.2) is 0 Å². The predicted octanol–water partition coefficient (Wildman–Crippen LogP) is 4.99. The molecule has 1 aliphatic carbocycles. The van der Waals surface area contributed by atoms with Crippen molar-refractivity contribution in [2.45, 2.75) is 82.7 Å². The van der Waals surface area contributed by atoms with Crippen molar-refractivity contribution in [2.75, 3.05) is 6.54 Å². The molecule has 0 radical (unpaired) electrons. The summed E-state index contributed by atoms with van der Waals surface area (Å²) in [5, 5.41) is 14.6. The van der Waals surface area contributed by atoms with Gasteiger partial charge in [0.2, 0.25) is 5.91 Å². The Morgan fingerprint density at radius 3 is 2.41 bits per heavy atom. The van der Waals surface area contributed by atoms with Crippen molar-refractivity contribution in [3.63, 3.8) is 0 Å². The number of rotatable bonds is 8. The van der Waals surface area contributed by atoms with E-state index in [0.717, 1.165) is 49.8 Å².